The van der Waals surface area contributed by atoms with E-state index in [9.17, 15) is 0 Å². The Kier molecular flexibility index (Phi) is 3.73. The summed E-state index contributed by atoms with van der Waals surface area (Å²) in [6, 6.07) is 3.98. The van der Waals surface area contributed by atoms with E-state index in [-0.39, 0.29) is 0 Å². The molecule has 0 N–H and O–H groups in total. The van der Waals surface area contributed by atoms with Crippen LogP contribution >= 0.6 is 72.7 Å². The number of halogens is 4. The first-order valence-electron chi connectivity index (χ1n) is 2.41. The van der Waals surface area contributed by atoms with Gasteiger partial charge in [-0.05, 0) is 73.2 Å². The Morgan fingerprint density at radius 2 is 1.90 bits per heavy atom. The summed E-state index contributed by atoms with van der Waals surface area (Å²) in [4.78, 5) is 0. The Hall–Kier alpha value is 1.45. The lowest BCUT2D eigenvalue weighted by atomic mass is 10.4. The Bertz CT molecular complexity index is 239. The van der Waals surface area contributed by atoms with E-state index in [0.717, 1.165) is 16.6 Å². The fourth-order valence-corrected chi connectivity index (χ4v) is 2.86. The van der Waals surface area contributed by atoms with E-state index in [4.69, 9.17) is 11.6 Å². The van der Waals surface area contributed by atoms with Gasteiger partial charge in [-0.15, -0.1) is 0 Å². The number of benzene rings is 1. The molecule has 0 bridgehead atoms. The molecule has 0 heterocycles. The fraction of sp³-hybridized carbons (Fsp3) is 0. The molecule has 10 heavy (non-hydrogen) atoms. The van der Waals surface area contributed by atoms with E-state index in [1.807, 2.05) is 12.1 Å². The largest absolute Gasteiger partial charge is 0.0831 e. The summed E-state index contributed by atoms with van der Waals surface area (Å²) >= 11 is 13.7. The minimum absolute atomic E-state index is 0.805. The average Bonchev–Trinajstić information content (AvgIpc) is 1.82. The molecule has 0 aliphatic rings. The van der Waals surface area contributed by atoms with E-state index in [0.29, 0.717) is 0 Å². The minimum atomic E-state index is 0.805. The van der Waals surface area contributed by atoms with Crippen LogP contribution in [0.3, 0.4) is 0 Å². The first kappa shape index (κ1) is 9.54. The van der Waals surface area contributed by atoms with Gasteiger partial charge in [0.2, 0.25) is 0 Å². The molecule has 0 aliphatic carbocycles. The number of hydrogen-bond acceptors (Lipinski definition) is 0. The second-order valence-electron chi connectivity index (χ2n) is 1.68. The summed E-state index contributed by atoms with van der Waals surface area (Å²) in [7, 11) is 0. The molecule has 0 saturated heterocycles. The summed E-state index contributed by atoms with van der Waals surface area (Å²) < 4.78 is 3.28. The first-order valence-corrected chi connectivity index (χ1v) is 5.74. The van der Waals surface area contributed by atoms with Gasteiger partial charge in [-0.1, -0.05) is 11.6 Å². The van der Waals surface area contributed by atoms with Gasteiger partial charge < -0.3 is 0 Å². The first-order chi connectivity index (χ1) is 4.61. The van der Waals surface area contributed by atoms with E-state index in [1.54, 1.807) is 0 Å². The standard InChI is InChI=1S/C6H2BrClI2/c7-4-1-3(9)2-5(8)6(4)10/h1-2H. The number of hydrogen-bond donors (Lipinski definition) is 0. The van der Waals surface area contributed by atoms with Crippen molar-refractivity contribution in [2.45, 2.75) is 0 Å². The van der Waals surface area contributed by atoms with E-state index >= 15 is 0 Å². The third-order valence-electron chi connectivity index (χ3n) is 0.949. The predicted octanol–water partition coefficient (Wildman–Crippen LogP) is 4.31. The van der Waals surface area contributed by atoms with Gasteiger partial charge in [0, 0.05) is 11.6 Å². The van der Waals surface area contributed by atoms with Crippen LogP contribution in [0.1, 0.15) is 0 Å². The van der Waals surface area contributed by atoms with Gasteiger partial charge in [0.25, 0.3) is 0 Å². The molecule has 0 unspecified atom stereocenters. The monoisotopic (exact) mass is 442 g/mol. The quantitative estimate of drug-likeness (QED) is 0.319. The zero-order valence-corrected chi connectivity index (χ0v) is 11.3. The zero-order chi connectivity index (χ0) is 7.72. The molecule has 0 nitrogen and oxygen atoms in total. The Morgan fingerprint density at radius 3 is 2.40 bits per heavy atom. The molecule has 0 spiro atoms. The second-order valence-corrected chi connectivity index (χ2v) is 5.27. The van der Waals surface area contributed by atoms with Crippen molar-refractivity contribution < 1.29 is 0 Å². The highest BCUT2D eigenvalue weighted by atomic mass is 127. The van der Waals surface area contributed by atoms with Crippen molar-refractivity contribution in [1.29, 1.82) is 0 Å². The normalized spacial score (nSPS) is 10.0. The Morgan fingerprint density at radius 1 is 1.30 bits per heavy atom. The van der Waals surface area contributed by atoms with Crippen molar-refractivity contribution in [3.63, 3.8) is 0 Å². The summed E-state index contributed by atoms with van der Waals surface area (Å²) in [5.74, 6) is 0. The predicted molar refractivity (Wildman–Crippen MR) is 64.6 cm³/mol. The van der Waals surface area contributed by atoms with E-state index in [1.165, 1.54) is 0 Å². The molecule has 4 heteroatoms. The van der Waals surface area contributed by atoms with Crippen molar-refractivity contribution in [3.05, 3.63) is 28.8 Å². The van der Waals surface area contributed by atoms with Crippen LogP contribution in [0.4, 0.5) is 0 Å². The maximum atomic E-state index is 5.88. The zero-order valence-electron chi connectivity index (χ0n) is 4.67. The van der Waals surface area contributed by atoms with Crippen molar-refractivity contribution >= 4 is 72.7 Å². The van der Waals surface area contributed by atoms with Crippen LogP contribution in [-0.4, -0.2) is 0 Å². The van der Waals surface area contributed by atoms with Crippen molar-refractivity contribution in [2.24, 2.45) is 0 Å². The molecule has 1 rings (SSSR count). The molecule has 0 radical (unpaired) electrons. The SMILES string of the molecule is Clc1cc(I)cc(Br)c1I. The summed E-state index contributed by atoms with van der Waals surface area (Å²) in [5.41, 5.74) is 0. The van der Waals surface area contributed by atoms with Gasteiger partial charge in [-0.2, -0.15) is 0 Å². The topological polar surface area (TPSA) is 0 Å². The van der Waals surface area contributed by atoms with Gasteiger partial charge in [-0.3, -0.25) is 0 Å². The maximum absolute atomic E-state index is 5.88. The van der Waals surface area contributed by atoms with Crippen molar-refractivity contribution in [1.82, 2.24) is 0 Å². The lowest BCUT2D eigenvalue weighted by Crippen LogP contribution is -1.78. The van der Waals surface area contributed by atoms with E-state index < -0.39 is 0 Å². The van der Waals surface area contributed by atoms with Crippen LogP contribution < -0.4 is 0 Å². The summed E-state index contributed by atoms with van der Waals surface area (Å²) in [6.45, 7) is 0. The van der Waals surface area contributed by atoms with Crippen LogP contribution in [0.2, 0.25) is 5.02 Å². The Labute approximate surface area is 100 Å². The molecular weight excluding hydrogens is 441 g/mol. The van der Waals surface area contributed by atoms with E-state index in [2.05, 4.69) is 61.1 Å². The van der Waals surface area contributed by atoms with Crippen LogP contribution in [-0.2, 0) is 0 Å². The minimum Gasteiger partial charge on any atom is -0.0831 e. The molecule has 0 aromatic heterocycles. The molecule has 0 aliphatic heterocycles. The van der Waals surface area contributed by atoms with Crippen LogP contribution in [0.5, 0.6) is 0 Å². The lowest BCUT2D eigenvalue weighted by molar-refractivity contribution is 1.54. The third kappa shape index (κ3) is 2.22. The summed E-state index contributed by atoms with van der Waals surface area (Å²) in [6.07, 6.45) is 0. The highest BCUT2D eigenvalue weighted by Gasteiger charge is 2.01. The number of rotatable bonds is 0. The van der Waals surface area contributed by atoms with Gasteiger partial charge in [0.15, 0.2) is 0 Å². The molecule has 0 fully saturated rings. The van der Waals surface area contributed by atoms with Crippen molar-refractivity contribution in [2.75, 3.05) is 0 Å². The summed E-state index contributed by atoms with van der Waals surface area (Å²) in [5, 5.41) is 0.805. The molecule has 0 amide bonds. The van der Waals surface area contributed by atoms with Gasteiger partial charge >= 0.3 is 0 Å². The van der Waals surface area contributed by atoms with Gasteiger partial charge in [0.1, 0.15) is 0 Å². The molecule has 1 aromatic carbocycles. The van der Waals surface area contributed by atoms with Crippen molar-refractivity contribution in [3.8, 4) is 0 Å². The lowest BCUT2D eigenvalue weighted by Gasteiger charge is -1.98. The Balaban J connectivity index is 3.31. The highest BCUT2D eigenvalue weighted by Crippen LogP contribution is 2.28. The third-order valence-corrected chi connectivity index (χ3v) is 4.72. The molecule has 1 aromatic rings. The highest BCUT2D eigenvalue weighted by molar-refractivity contribution is 14.1. The fourth-order valence-electron chi connectivity index (χ4n) is 0.525. The molecule has 0 saturated carbocycles. The molecule has 0 atom stereocenters. The van der Waals surface area contributed by atoms with Gasteiger partial charge in [-0.25, -0.2) is 0 Å². The van der Waals surface area contributed by atoms with Crippen LogP contribution in [0.25, 0.3) is 0 Å². The smallest absolute Gasteiger partial charge is 0.0561 e. The van der Waals surface area contributed by atoms with Gasteiger partial charge in [0.05, 0.1) is 5.02 Å². The van der Waals surface area contributed by atoms with Crippen LogP contribution in [0, 0.1) is 7.14 Å². The maximum Gasteiger partial charge on any atom is 0.0561 e. The molecule has 54 valence electrons. The average molecular weight is 443 g/mol. The second kappa shape index (κ2) is 3.91. The van der Waals surface area contributed by atoms with Crippen LogP contribution in [0.15, 0.2) is 16.6 Å². The molecular formula is C6H2BrClI2.